The van der Waals surface area contributed by atoms with Crippen molar-refractivity contribution in [3.05, 3.63) is 47.6 Å². The summed E-state index contributed by atoms with van der Waals surface area (Å²) in [7, 11) is 0. The summed E-state index contributed by atoms with van der Waals surface area (Å²) in [5, 5.41) is 6.60. The largest absolute Gasteiger partial charge is 0.361 e. The number of hydrogen-bond acceptors (Lipinski definition) is 4. The smallest absolute Gasteiger partial charge is 0.273 e. The van der Waals surface area contributed by atoms with Crippen LogP contribution in [0.5, 0.6) is 0 Å². The van der Waals surface area contributed by atoms with E-state index in [1.165, 1.54) is 0 Å². The van der Waals surface area contributed by atoms with E-state index >= 15 is 0 Å². The van der Waals surface area contributed by atoms with Crippen LogP contribution < -0.4 is 5.32 Å². The van der Waals surface area contributed by atoms with Gasteiger partial charge in [-0.25, -0.2) is 0 Å². The molecule has 2 aromatic rings. The van der Waals surface area contributed by atoms with Crippen molar-refractivity contribution in [2.24, 2.45) is 5.92 Å². The van der Waals surface area contributed by atoms with Gasteiger partial charge in [-0.1, -0.05) is 25.1 Å². The highest BCUT2D eigenvalue weighted by Gasteiger charge is 2.12. The molecule has 2 aromatic heterocycles. The number of carbonyl (C=O) groups excluding carboxylic acids is 1. The molecule has 0 bridgehead atoms. The third-order valence-electron chi connectivity index (χ3n) is 2.79. The van der Waals surface area contributed by atoms with Crippen molar-refractivity contribution < 1.29 is 9.32 Å². The molecule has 0 aliphatic carbocycles. The Kier molecular flexibility index (Phi) is 4.87. The van der Waals surface area contributed by atoms with Crippen molar-refractivity contribution in [3.63, 3.8) is 0 Å². The average Bonchev–Trinajstić information content (AvgIpc) is 2.87. The molecule has 0 atom stereocenters. The number of rotatable bonds is 6. The van der Waals surface area contributed by atoms with Gasteiger partial charge in [0.1, 0.15) is 5.76 Å². The van der Waals surface area contributed by atoms with E-state index in [-0.39, 0.29) is 5.91 Å². The molecule has 0 aliphatic rings. The lowest BCUT2D eigenvalue weighted by Gasteiger charge is -2.02. The zero-order valence-corrected chi connectivity index (χ0v) is 11.8. The maximum Gasteiger partial charge on any atom is 0.273 e. The maximum atomic E-state index is 11.9. The van der Waals surface area contributed by atoms with Gasteiger partial charge < -0.3 is 9.84 Å². The van der Waals surface area contributed by atoms with Gasteiger partial charge in [-0.15, -0.1) is 0 Å². The van der Waals surface area contributed by atoms with Crippen LogP contribution in [0.4, 0.5) is 0 Å². The van der Waals surface area contributed by atoms with Gasteiger partial charge in [0.05, 0.1) is 0 Å². The van der Waals surface area contributed by atoms with E-state index < -0.39 is 0 Å². The molecule has 20 heavy (non-hydrogen) atoms. The number of hydrogen-bond donors (Lipinski definition) is 1. The number of amides is 1. The number of nitrogens with zero attached hydrogens (tertiary/aromatic N) is 2. The van der Waals surface area contributed by atoms with E-state index in [1.807, 2.05) is 18.2 Å². The molecule has 106 valence electrons. The highest BCUT2D eigenvalue weighted by molar-refractivity contribution is 5.92. The Morgan fingerprint density at radius 3 is 2.95 bits per heavy atom. The Balaban J connectivity index is 1.81. The monoisotopic (exact) mass is 273 g/mol. The molecule has 0 saturated heterocycles. The zero-order chi connectivity index (χ0) is 14.4. The second-order valence-electron chi connectivity index (χ2n) is 5.10. The van der Waals surface area contributed by atoms with Gasteiger partial charge in [-0.2, -0.15) is 0 Å². The second-order valence-corrected chi connectivity index (χ2v) is 5.10. The molecule has 5 nitrogen and oxygen atoms in total. The number of carbonyl (C=O) groups is 1. The molecular weight excluding hydrogens is 254 g/mol. The Morgan fingerprint density at radius 2 is 2.25 bits per heavy atom. The van der Waals surface area contributed by atoms with E-state index in [0.29, 0.717) is 24.6 Å². The molecule has 0 spiro atoms. The summed E-state index contributed by atoms with van der Waals surface area (Å²) in [5.74, 6) is 1.01. The molecule has 1 N–H and O–H groups in total. The molecule has 1 amide bonds. The van der Waals surface area contributed by atoms with Crippen LogP contribution in [0.15, 0.2) is 35.0 Å². The van der Waals surface area contributed by atoms with Gasteiger partial charge in [-0.05, 0) is 18.1 Å². The van der Waals surface area contributed by atoms with Gasteiger partial charge in [0.25, 0.3) is 5.91 Å². The highest BCUT2D eigenvalue weighted by atomic mass is 16.5. The first-order chi connectivity index (χ1) is 9.65. The Morgan fingerprint density at radius 1 is 1.40 bits per heavy atom. The van der Waals surface area contributed by atoms with Crippen molar-refractivity contribution in [3.8, 4) is 0 Å². The molecule has 0 unspecified atom stereocenters. The van der Waals surface area contributed by atoms with Gasteiger partial charge >= 0.3 is 0 Å². The van der Waals surface area contributed by atoms with Gasteiger partial charge in [0.15, 0.2) is 5.69 Å². The van der Waals surface area contributed by atoms with Crippen molar-refractivity contribution in [2.45, 2.75) is 26.7 Å². The van der Waals surface area contributed by atoms with E-state index in [4.69, 9.17) is 4.52 Å². The molecule has 0 saturated carbocycles. The topological polar surface area (TPSA) is 68.0 Å². The summed E-state index contributed by atoms with van der Waals surface area (Å²) in [6.07, 6.45) is 3.23. The lowest BCUT2D eigenvalue weighted by molar-refractivity contribution is 0.0945. The first-order valence-corrected chi connectivity index (χ1v) is 6.79. The fraction of sp³-hybridized carbons (Fsp3) is 0.400. The number of pyridine rings is 1. The first-order valence-electron chi connectivity index (χ1n) is 6.79. The van der Waals surface area contributed by atoms with Crippen LogP contribution in [0.3, 0.4) is 0 Å². The van der Waals surface area contributed by atoms with Crippen molar-refractivity contribution >= 4 is 5.91 Å². The summed E-state index contributed by atoms with van der Waals surface area (Å²) < 4.78 is 5.14. The highest BCUT2D eigenvalue weighted by Crippen LogP contribution is 2.09. The molecule has 2 rings (SSSR count). The third-order valence-corrected chi connectivity index (χ3v) is 2.79. The average molecular weight is 273 g/mol. The Hall–Kier alpha value is -2.17. The van der Waals surface area contributed by atoms with Crippen LogP contribution in [0.1, 0.15) is 35.8 Å². The zero-order valence-electron chi connectivity index (χ0n) is 11.8. The predicted molar refractivity (Wildman–Crippen MR) is 75.3 cm³/mol. The van der Waals surface area contributed by atoms with Gasteiger partial charge in [-0.3, -0.25) is 9.78 Å². The van der Waals surface area contributed by atoms with Crippen molar-refractivity contribution in [1.82, 2.24) is 15.5 Å². The summed E-state index contributed by atoms with van der Waals surface area (Å²) in [6, 6.07) is 7.44. The van der Waals surface area contributed by atoms with E-state index in [1.54, 1.807) is 12.3 Å². The second kappa shape index (κ2) is 6.84. The molecule has 2 heterocycles. The van der Waals surface area contributed by atoms with Crippen LogP contribution in [-0.4, -0.2) is 22.6 Å². The van der Waals surface area contributed by atoms with E-state index in [2.05, 4.69) is 29.3 Å². The molecule has 0 fully saturated rings. The minimum atomic E-state index is -0.209. The number of aromatic nitrogens is 2. The fourth-order valence-electron chi connectivity index (χ4n) is 1.86. The van der Waals surface area contributed by atoms with E-state index in [9.17, 15) is 4.79 Å². The Labute approximate surface area is 118 Å². The molecular formula is C15H19N3O2. The summed E-state index contributed by atoms with van der Waals surface area (Å²) in [5.41, 5.74) is 1.29. The molecule has 0 aromatic carbocycles. The number of nitrogens with one attached hydrogen (secondary N) is 1. The summed E-state index contributed by atoms with van der Waals surface area (Å²) in [4.78, 5) is 16.1. The third kappa shape index (κ3) is 4.19. The quantitative estimate of drug-likeness (QED) is 0.876. The minimum Gasteiger partial charge on any atom is -0.361 e. The fourth-order valence-corrected chi connectivity index (χ4v) is 1.86. The summed E-state index contributed by atoms with van der Waals surface area (Å²) >= 11 is 0. The van der Waals surface area contributed by atoms with Gasteiger partial charge in [0.2, 0.25) is 0 Å². The van der Waals surface area contributed by atoms with Gasteiger partial charge in [0, 0.05) is 37.3 Å². The predicted octanol–water partition coefficient (Wildman–Crippen LogP) is 2.24. The molecule has 0 radical (unpaired) electrons. The first kappa shape index (κ1) is 14.2. The van der Waals surface area contributed by atoms with Crippen LogP contribution >= 0.6 is 0 Å². The van der Waals surface area contributed by atoms with Crippen LogP contribution in [0, 0.1) is 5.92 Å². The normalized spacial score (nSPS) is 10.8. The lowest BCUT2D eigenvalue weighted by Crippen LogP contribution is -2.26. The van der Waals surface area contributed by atoms with Crippen molar-refractivity contribution in [1.29, 1.82) is 0 Å². The lowest BCUT2D eigenvalue weighted by atomic mass is 10.1. The van der Waals surface area contributed by atoms with Crippen LogP contribution in [0.25, 0.3) is 0 Å². The Bertz CT molecular complexity index is 549. The summed E-state index contributed by atoms with van der Waals surface area (Å²) in [6.45, 7) is 4.71. The minimum absolute atomic E-state index is 0.209. The standard InChI is InChI=1S/C15H19N3O2/c1-11(2)9-13-10-14(18-20-13)15(19)17-8-6-12-5-3-4-7-16-12/h3-5,7,10-11H,6,8-9H2,1-2H3,(H,17,19). The van der Waals surface area contributed by atoms with Crippen LogP contribution in [0.2, 0.25) is 0 Å². The molecule has 5 heteroatoms. The van der Waals surface area contributed by atoms with E-state index in [0.717, 1.165) is 17.9 Å². The van der Waals surface area contributed by atoms with Crippen LogP contribution in [-0.2, 0) is 12.8 Å². The molecule has 0 aliphatic heterocycles. The SMILES string of the molecule is CC(C)Cc1cc(C(=O)NCCc2ccccn2)no1. The maximum absolute atomic E-state index is 11.9. The van der Waals surface area contributed by atoms with Crippen molar-refractivity contribution in [2.75, 3.05) is 6.54 Å².